The van der Waals surface area contributed by atoms with Crippen LogP contribution in [-0.4, -0.2) is 39.8 Å². The average Bonchev–Trinajstić information content (AvgIpc) is 3.16. The van der Waals surface area contributed by atoms with Gasteiger partial charge < -0.3 is 26.6 Å². The van der Waals surface area contributed by atoms with Crippen molar-refractivity contribution in [2.45, 2.75) is 18.0 Å². The highest BCUT2D eigenvalue weighted by Gasteiger charge is 2.74. The molecule has 6 N–H and O–H groups in total. The number of fused-ring (bicyclic) bond motifs is 1. The normalized spacial score (nSPS) is 33.4. The van der Waals surface area contributed by atoms with E-state index < -0.39 is 47.3 Å². The van der Waals surface area contributed by atoms with Crippen LogP contribution in [0.2, 0.25) is 5.02 Å². The Kier molecular flexibility index (Phi) is 3.89. The van der Waals surface area contributed by atoms with Crippen molar-refractivity contribution in [2.75, 3.05) is 5.32 Å². The molecule has 2 saturated carbocycles. The lowest BCUT2D eigenvalue weighted by atomic mass is 9.90. The molecule has 0 aliphatic heterocycles. The maximum absolute atomic E-state index is 12.1. The number of carbonyl (C=O) groups is 3. The predicted molar refractivity (Wildman–Crippen MR) is 84.7 cm³/mol. The quantitative estimate of drug-likeness (QED) is 0.546. The molecule has 2 amide bonds. The summed E-state index contributed by atoms with van der Waals surface area (Å²) in [5.74, 6) is -4.35. The van der Waals surface area contributed by atoms with Gasteiger partial charge >= 0.3 is 18.0 Å². The van der Waals surface area contributed by atoms with Crippen molar-refractivity contribution in [3.63, 3.8) is 0 Å². The number of hydrogen-bond acceptors (Lipinski definition) is 4. The summed E-state index contributed by atoms with van der Waals surface area (Å²) in [5.41, 5.74) is 4.73. The Morgan fingerprint density at radius 2 is 2.00 bits per heavy atom. The molecule has 128 valence electrons. The summed E-state index contributed by atoms with van der Waals surface area (Å²) in [4.78, 5) is 34.8. The third kappa shape index (κ3) is 2.67. The zero-order valence-electron chi connectivity index (χ0n) is 12.4. The lowest BCUT2D eigenvalue weighted by molar-refractivity contribution is -0.145. The SMILES string of the molecule is NC1(C(=O)O)CC(NC(=O)Nc2cccc(Cl)c2)C2C1[C@H]2C(=O)O. The second-order valence-electron chi connectivity index (χ2n) is 6.23. The molecule has 2 fully saturated rings. The highest BCUT2D eigenvalue weighted by Crippen LogP contribution is 2.61. The molecule has 5 atom stereocenters. The standard InChI is InChI=1S/C15H16ClN3O5/c16-6-2-1-3-7(4-6)18-14(24)19-8-5-15(17,13(22)23)11-9(8)10(11)12(20)21/h1-4,8-11H,5,17H2,(H,20,21)(H,22,23)(H2,18,19,24)/t8?,9?,10-,11?,15?/m0/s1. The van der Waals surface area contributed by atoms with E-state index in [-0.39, 0.29) is 6.42 Å². The fourth-order valence-electron chi connectivity index (χ4n) is 3.73. The van der Waals surface area contributed by atoms with E-state index in [9.17, 15) is 24.6 Å². The van der Waals surface area contributed by atoms with Gasteiger partial charge in [0.2, 0.25) is 0 Å². The molecule has 0 bridgehead atoms. The molecule has 2 aliphatic rings. The molecular weight excluding hydrogens is 338 g/mol. The first kappa shape index (κ1) is 16.5. The molecule has 0 saturated heterocycles. The van der Waals surface area contributed by atoms with Crippen molar-refractivity contribution in [3.8, 4) is 0 Å². The van der Waals surface area contributed by atoms with E-state index in [2.05, 4.69) is 10.6 Å². The van der Waals surface area contributed by atoms with Crippen molar-refractivity contribution in [1.29, 1.82) is 0 Å². The number of aliphatic carboxylic acids is 2. The van der Waals surface area contributed by atoms with Crippen molar-refractivity contribution < 1.29 is 24.6 Å². The summed E-state index contributed by atoms with van der Waals surface area (Å²) in [6.45, 7) is 0. The van der Waals surface area contributed by atoms with Crippen LogP contribution in [0, 0.1) is 17.8 Å². The minimum Gasteiger partial charge on any atom is -0.481 e. The third-order valence-corrected chi connectivity index (χ3v) is 5.01. The van der Waals surface area contributed by atoms with Gasteiger partial charge in [0, 0.05) is 22.7 Å². The van der Waals surface area contributed by atoms with Gasteiger partial charge in [-0.2, -0.15) is 0 Å². The number of nitrogens with two attached hydrogens (primary N) is 1. The number of rotatable bonds is 4. The zero-order valence-corrected chi connectivity index (χ0v) is 13.2. The van der Waals surface area contributed by atoms with Crippen molar-refractivity contribution in [2.24, 2.45) is 23.5 Å². The highest BCUT2D eigenvalue weighted by atomic mass is 35.5. The van der Waals surface area contributed by atoms with Crippen LogP contribution >= 0.6 is 11.6 Å². The van der Waals surface area contributed by atoms with E-state index in [0.717, 1.165) is 0 Å². The van der Waals surface area contributed by atoms with Crippen LogP contribution in [0.25, 0.3) is 0 Å². The lowest BCUT2D eigenvalue weighted by Gasteiger charge is -2.25. The number of carboxylic acids is 2. The molecule has 1 aromatic carbocycles. The van der Waals surface area contributed by atoms with Crippen LogP contribution in [0.3, 0.4) is 0 Å². The second kappa shape index (κ2) is 5.64. The van der Waals surface area contributed by atoms with Crippen molar-refractivity contribution in [3.05, 3.63) is 29.3 Å². The Morgan fingerprint density at radius 3 is 2.58 bits per heavy atom. The summed E-state index contributed by atoms with van der Waals surface area (Å²) < 4.78 is 0. The summed E-state index contributed by atoms with van der Waals surface area (Å²) in [6, 6.07) is 5.34. The minimum atomic E-state index is -1.64. The first-order valence-corrected chi connectivity index (χ1v) is 7.70. The van der Waals surface area contributed by atoms with Crippen molar-refractivity contribution in [1.82, 2.24) is 5.32 Å². The number of nitrogens with one attached hydrogen (secondary N) is 2. The van der Waals surface area contributed by atoms with Gasteiger partial charge in [0.15, 0.2) is 0 Å². The highest BCUT2D eigenvalue weighted by molar-refractivity contribution is 6.30. The van der Waals surface area contributed by atoms with E-state index in [1.54, 1.807) is 24.3 Å². The van der Waals surface area contributed by atoms with Crippen LogP contribution in [0.1, 0.15) is 6.42 Å². The minimum absolute atomic E-state index is 0.00951. The molecule has 0 aromatic heterocycles. The van der Waals surface area contributed by atoms with E-state index in [1.165, 1.54) is 0 Å². The van der Waals surface area contributed by atoms with Gasteiger partial charge in [-0.15, -0.1) is 0 Å². The largest absolute Gasteiger partial charge is 0.481 e. The number of anilines is 1. The average molecular weight is 354 g/mol. The molecule has 0 heterocycles. The van der Waals surface area contributed by atoms with Gasteiger partial charge in [-0.25, -0.2) is 4.79 Å². The van der Waals surface area contributed by atoms with Crippen molar-refractivity contribution >= 4 is 35.3 Å². The maximum atomic E-state index is 12.1. The number of amides is 2. The number of benzene rings is 1. The van der Waals surface area contributed by atoms with Gasteiger partial charge in [0.25, 0.3) is 0 Å². The van der Waals surface area contributed by atoms with Crippen LogP contribution in [0.4, 0.5) is 10.5 Å². The molecule has 0 radical (unpaired) electrons. The Bertz CT molecular complexity index is 727. The number of hydrogen-bond donors (Lipinski definition) is 5. The van der Waals surface area contributed by atoms with Gasteiger partial charge in [-0.1, -0.05) is 17.7 Å². The van der Waals surface area contributed by atoms with E-state index in [4.69, 9.17) is 17.3 Å². The van der Waals surface area contributed by atoms with Crippen LogP contribution in [-0.2, 0) is 9.59 Å². The topological polar surface area (TPSA) is 142 Å². The molecule has 3 rings (SSSR count). The Hall–Kier alpha value is -2.32. The lowest BCUT2D eigenvalue weighted by Crippen LogP contribution is -2.52. The van der Waals surface area contributed by atoms with E-state index in [1.807, 2.05) is 0 Å². The molecule has 4 unspecified atom stereocenters. The van der Waals surface area contributed by atoms with Gasteiger partial charge in [-0.05, 0) is 30.5 Å². The molecule has 0 spiro atoms. The third-order valence-electron chi connectivity index (χ3n) is 4.77. The zero-order chi connectivity index (χ0) is 17.6. The summed E-state index contributed by atoms with van der Waals surface area (Å²) in [6.07, 6.45) is -0.00951. The monoisotopic (exact) mass is 353 g/mol. The molecule has 24 heavy (non-hydrogen) atoms. The van der Waals surface area contributed by atoms with Gasteiger partial charge in [0.1, 0.15) is 5.54 Å². The Balaban J connectivity index is 1.70. The number of carbonyl (C=O) groups excluding carboxylic acids is 1. The predicted octanol–water partition coefficient (Wildman–Crippen LogP) is 0.963. The summed E-state index contributed by atoms with van der Waals surface area (Å²) >= 11 is 5.84. The Labute approximate surface area is 142 Å². The number of carboxylic acid groups (broad SMARTS) is 2. The van der Waals surface area contributed by atoms with Crippen LogP contribution in [0.5, 0.6) is 0 Å². The van der Waals surface area contributed by atoms with E-state index >= 15 is 0 Å². The van der Waals surface area contributed by atoms with E-state index in [0.29, 0.717) is 10.7 Å². The number of urea groups is 1. The fraction of sp³-hybridized carbons (Fsp3) is 0.400. The smallest absolute Gasteiger partial charge is 0.324 e. The summed E-state index contributed by atoms with van der Waals surface area (Å²) in [5, 5.41) is 24.2. The first-order valence-electron chi connectivity index (χ1n) is 7.32. The first-order chi connectivity index (χ1) is 11.2. The molecule has 1 aromatic rings. The molecule has 9 heteroatoms. The molecule has 8 nitrogen and oxygen atoms in total. The second-order valence-corrected chi connectivity index (χ2v) is 6.67. The fourth-order valence-corrected chi connectivity index (χ4v) is 3.92. The molecule has 2 aliphatic carbocycles. The van der Waals surface area contributed by atoms with Crippen LogP contribution in [0.15, 0.2) is 24.3 Å². The van der Waals surface area contributed by atoms with Gasteiger partial charge in [-0.3, -0.25) is 9.59 Å². The van der Waals surface area contributed by atoms with Crippen LogP contribution < -0.4 is 16.4 Å². The molecular formula is C15H16ClN3O5. The number of halogens is 1. The Morgan fingerprint density at radius 1 is 1.29 bits per heavy atom. The van der Waals surface area contributed by atoms with Gasteiger partial charge in [0.05, 0.1) is 5.92 Å². The summed E-state index contributed by atoms with van der Waals surface area (Å²) in [7, 11) is 0. The maximum Gasteiger partial charge on any atom is 0.324 e.